The Hall–Kier alpha value is -2.70. The molecule has 1 amide bonds. The lowest BCUT2D eigenvalue weighted by Gasteiger charge is -2.30. The molecule has 0 saturated carbocycles. The number of aliphatic carboxylic acids is 1. The van der Waals surface area contributed by atoms with Crippen LogP contribution in [0.3, 0.4) is 0 Å². The third-order valence-electron chi connectivity index (χ3n) is 4.25. The van der Waals surface area contributed by atoms with Crippen molar-refractivity contribution in [3.8, 4) is 5.69 Å². The quantitative estimate of drug-likeness (QED) is 0.936. The van der Waals surface area contributed by atoms with Gasteiger partial charge in [0.25, 0.3) is 5.91 Å². The number of amides is 1. The maximum atomic E-state index is 13.0. The Morgan fingerprint density at radius 1 is 1.29 bits per heavy atom. The van der Waals surface area contributed by atoms with Gasteiger partial charge < -0.3 is 10.0 Å². The fourth-order valence-corrected chi connectivity index (χ4v) is 2.91. The number of benzene rings is 1. The van der Waals surface area contributed by atoms with Crippen LogP contribution in [0.4, 0.5) is 4.39 Å². The van der Waals surface area contributed by atoms with E-state index in [1.54, 1.807) is 30.2 Å². The van der Waals surface area contributed by atoms with Crippen LogP contribution >= 0.6 is 0 Å². The topological polar surface area (TPSA) is 75.4 Å². The molecule has 0 spiro atoms. The number of aryl methyl sites for hydroxylation is 1. The van der Waals surface area contributed by atoms with E-state index in [9.17, 15) is 14.0 Å². The minimum atomic E-state index is -0.874. The van der Waals surface area contributed by atoms with Gasteiger partial charge in [-0.3, -0.25) is 9.59 Å². The normalized spacial score (nSPS) is 17.8. The van der Waals surface area contributed by atoms with Crippen molar-refractivity contribution < 1.29 is 19.1 Å². The second-order valence-electron chi connectivity index (χ2n) is 6.01. The van der Waals surface area contributed by atoms with Gasteiger partial charge in [0.2, 0.25) is 0 Å². The van der Waals surface area contributed by atoms with Crippen LogP contribution in [0, 0.1) is 18.7 Å². The second kappa shape index (κ2) is 6.43. The largest absolute Gasteiger partial charge is 0.481 e. The minimum absolute atomic E-state index is 0.205. The monoisotopic (exact) mass is 331 g/mol. The number of carboxylic acids is 1. The molecule has 126 valence electrons. The van der Waals surface area contributed by atoms with Crippen LogP contribution in [0.25, 0.3) is 5.69 Å². The van der Waals surface area contributed by atoms with Crippen molar-refractivity contribution in [2.45, 2.75) is 19.8 Å². The lowest BCUT2D eigenvalue weighted by Crippen LogP contribution is -2.42. The third kappa shape index (κ3) is 3.15. The number of carbonyl (C=O) groups excluding carboxylic acids is 1. The molecular formula is C17H18FN3O3. The zero-order chi connectivity index (χ0) is 17.3. The molecular weight excluding hydrogens is 313 g/mol. The summed E-state index contributed by atoms with van der Waals surface area (Å²) in [6.07, 6.45) is 2.96. The van der Waals surface area contributed by atoms with E-state index in [1.165, 1.54) is 16.8 Å². The molecule has 1 aliphatic rings. The molecule has 1 saturated heterocycles. The number of hydrogen-bond donors (Lipinski definition) is 1. The average molecular weight is 331 g/mol. The first kappa shape index (κ1) is 16.2. The first-order valence-electron chi connectivity index (χ1n) is 7.80. The average Bonchev–Trinajstić information content (AvgIpc) is 2.96. The molecule has 3 rings (SSSR count). The Balaban J connectivity index is 1.83. The summed E-state index contributed by atoms with van der Waals surface area (Å²) >= 11 is 0. The molecule has 2 heterocycles. The van der Waals surface area contributed by atoms with Gasteiger partial charge in [0.15, 0.2) is 5.69 Å². The Morgan fingerprint density at radius 2 is 2.00 bits per heavy atom. The Kier molecular flexibility index (Phi) is 4.33. The lowest BCUT2D eigenvalue weighted by molar-refractivity contribution is -0.143. The van der Waals surface area contributed by atoms with Crippen molar-refractivity contribution in [1.29, 1.82) is 0 Å². The van der Waals surface area contributed by atoms with E-state index < -0.39 is 11.9 Å². The van der Waals surface area contributed by atoms with Gasteiger partial charge in [-0.25, -0.2) is 9.07 Å². The molecule has 1 atom stereocenters. The molecule has 1 aliphatic heterocycles. The van der Waals surface area contributed by atoms with E-state index in [0.717, 1.165) is 0 Å². The molecule has 6 nitrogen and oxygen atoms in total. The number of hydrogen-bond acceptors (Lipinski definition) is 3. The van der Waals surface area contributed by atoms with Gasteiger partial charge in [0, 0.05) is 24.8 Å². The summed E-state index contributed by atoms with van der Waals surface area (Å²) in [4.78, 5) is 25.4. The molecule has 1 N–H and O–H groups in total. The molecule has 0 radical (unpaired) electrons. The number of aromatic nitrogens is 2. The highest BCUT2D eigenvalue weighted by atomic mass is 19.1. The molecule has 1 fully saturated rings. The predicted molar refractivity (Wildman–Crippen MR) is 84.5 cm³/mol. The predicted octanol–water partition coefficient (Wildman–Crippen LogP) is 2.26. The third-order valence-corrected chi connectivity index (χ3v) is 4.25. The van der Waals surface area contributed by atoms with E-state index in [0.29, 0.717) is 36.3 Å². The molecule has 0 aliphatic carbocycles. The van der Waals surface area contributed by atoms with Crippen molar-refractivity contribution in [1.82, 2.24) is 14.7 Å². The number of likely N-dealkylation sites (tertiary alicyclic amines) is 1. The first-order chi connectivity index (χ1) is 11.5. The van der Waals surface area contributed by atoms with Gasteiger partial charge in [-0.05, 0) is 44.0 Å². The van der Waals surface area contributed by atoms with Gasteiger partial charge in [0.1, 0.15) is 5.82 Å². The number of carbonyl (C=O) groups is 2. The van der Waals surface area contributed by atoms with Gasteiger partial charge in [-0.2, -0.15) is 5.10 Å². The second-order valence-corrected chi connectivity index (χ2v) is 6.01. The van der Waals surface area contributed by atoms with Crippen LogP contribution in [0.1, 0.15) is 28.9 Å². The molecule has 7 heteroatoms. The molecule has 24 heavy (non-hydrogen) atoms. The Bertz CT molecular complexity index is 770. The molecule has 1 unspecified atom stereocenters. The zero-order valence-electron chi connectivity index (χ0n) is 13.3. The Morgan fingerprint density at radius 3 is 2.67 bits per heavy atom. The highest BCUT2D eigenvalue weighted by Crippen LogP contribution is 2.20. The summed E-state index contributed by atoms with van der Waals surface area (Å²) in [5.74, 6) is -2.01. The number of piperidine rings is 1. The standard InChI is InChI=1S/C17H18FN3O3/c1-11-9-21(14-6-4-13(18)5-7-14)19-15(11)16(22)20-8-2-3-12(10-20)17(23)24/h4-7,9,12H,2-3,8,10H2,1H3,(H,23,24). The van der Waals surface area contributed by atoms with Crippen LogP contribution in [0.5, 0.6) is 0 Å². The van der Waals surface area contributed by atoms with Crippen LogP contribution in [0.15, 0.2) is 30.5 Å². The van der Waals surface area contributed by atoms with E-state index in [2.05, 4.69) is 5.10 Å². The number of rotatable bonds is 3. The maximum Gasteiger partial charge on any atom is 0.308 e. The highest BCUT2D eigenvalue weighted by molar-refractivity contribution is 5.94. The van der Waals surface area contributed by atoms with Crippen molar-refractivity contribution in [2.75, 3.05) is 13.1 Å². The molecule has 0 bridgehead atoms. The SMILES string of the molecule is Cc1cn(-c2ccc(F)cc2)nc1C(=O)N1CCCC(C(=O)O)C1. The van der Waals surface area contributed by atoms with E-state index in [1.807, 2.05) is 0 Å². The van der Waals surface area contributed by atoms with Crippen molar-refractivity contribution in [2.24, 2.45) is 5.92 Å². The van der Waals surface area contributed by atoms with Crippen molar-refractivity contribution in [3.05, 3.63) is 47.5 Å². The van der Waals surface area contributed by atoms with Gasteiger partial charge in [-0.1, -0.05) is 0 Å². The highest BCUT2D eigenvalue weighted by Gasteiger charge is 2.30. The Labute approximate surface area is 138 Å². The fraction of sp³-hybridized carbons (Fsp3) is 0.353. The molecule has 1 aromatic heterocycles. The fourth-order valence-electron chi connectivity index (χ4n) is 2.91. The van der Waals surface area contributed by atoms with Gasteiger partial charge in [0.05, 0.1) is 11.6 Å². The number of carboxylic acid groups (broad SMARTS) is 1. The van der Waals surface area contributed by atoms with Gasteiger partial charge >= 0.3 is 5.97 Å². The summed E-state index contributed by atoms with van der Waals surface area (Å²) in [5.41, 5.74) is 1.65. The first-order valence-corrected chi connectivity index (χ1v) is 7.80. The maximum absolute atomic E-state index is 13.0. The minimum Gasteiger partial charge on any atom is -0.481 e. The van der Waals surface area contributed by atoms with Crippen LogP contribution in [0.2, 0.25) is 0 Å². The van der Waals surface area contributed by atoms with E-state index in [-0.39, 0.29) is 18.3 Å². The smallest absolute Gasteiger partial charge is 0.308 e. The van der Waals surface area contributed by atoms with E-state index in [4.69, 9.17) is 5.11 Å². The van der Waals surface area contributed by atoms with Crippen LogP contribution in [-0.2, 0) is 4.79 Å². The number of nitrogens with zero attached hydrogens (tertiary/aromatic N) is 3. The van der Waals surface area contributed by atoms with E-state index >= 15 is 0 Å². The lowest BCUT2D eigenvalue weighted by atomic mass is 9.98. The summed E-state index contributed by atoms with van der Waals surface area (Å²) in [6, 6.07) is 5.82. The number of halogens is 1. The van der Waals surface area contributed by atoms with Crippen LogP contribution in [-0.4, -0.2) is 44.8 Å². The zero-order valence-corrected chi connectivity index (χ0v) is 13.3. The summed E-state index contributed by atoms with van der Waals surface area (Å²) in [5, 5.41) is 13.5. The van der Waals surface area contributed by atoms with Crippen molar-refractivity contribution in [3.63, 3.8) is 0 Å². The summed E-state index contributed by atoms with van der Waals surface area (Å²) in [6.45, 7) is 2.52. The molecule has 2 aromatic rings. The molecule has 1 aromatic carbocycles. The van der Waals surface area contributed by atoms with Crippen LogP contribution < -0.4 is 0 Å². The van der Waals surface area contributed by atoms with Crippen molar-refractivity contribution >= 4 is 11.9 Å². The summed E-state index contributed by atoms with van der Waals surface area (Å²) in [7, 11) is 0. The summed E-state index contributed by atoms with van der Waals surface area (Å²) < 4.78 is 14.5. The van der Waals surface area contributed by atoms with Gasteiger partial charge in [-0.15, -0.1) is 0 Å².